The Hall–Kier alpha value is -2.37. The van der Waals surface area contributed by atoms with E-state index >= 15 is 0 Å². The normalized spacial score (nSPS) is 13.8. The van der Waals surface area contributed by atoms with E-state index in [4.69, 9.17) is 18.7 Å². The van der Waals surface area contributed by atoms with Crippen LogP contribution in [0.25, 0.3) is 11.3 Å². The molecule has 22 heavy (non-hydrogen) atoms. The van der Waals surface area contributed by atoms with E-state index in [2.05, 4.69) is 10.5 Å². The Labute approximate surface area is 129 Å². The molecule has 2 aromatic rings. The first-order valence-corrected chi connectivity index (χ1v) is 7.31. The van der Waals surface area contributed by atoms with Crippen LogP contribution in [-0.2, 0) is 6.42 Å². The molecule has 0 spiro atoms. The molecule has 0 saturated heterocycles. The molecule has 0 saturated carbocycles. The van der Waals surface area contributed by atoms with Crippen LogP contribution in [0.2, 0.25) is 0 Å². The fraction of sp³-hybridized carbons (Fsp3) is 0.438. The van der Waals surface area contributed by atoms with Crippen LogP contribution in [0.5, 0.6) is 17.2 Å². The Morgan fingerprint density at radius 1 is 1.05 bits per heavy atom. The van der Waals surface area contributed by atoms with Crippen LogP contribution in [-0.4, -0.2) is 33.0 Å². The van der Waals surface area contributed by atoms with E-state index in [0.717, 1.165) is 48.5 Å². The Morgan fingerprint density at radius 2 is 1.77 bits per heavy atom. The zero-order valence-corrected chi connectivity index (χ0v) is 13.1. The number of hydrogen-bond donors (Lipinski definition) is 1. The van der Waals surface area contributed by atoms with E-state index in [9.17, 15) is 0 Å². The first-order chi connectivity index (χ1) is 10.8. The first kappa shape index (κ1) is 14.6. The largest absolute Gasteiger partial charge is 0.493 e. The van der Waals surface area contributed by atoms with Gasteiger partial charge >= 0.3 is 0 Å². The Morgan fingerprint density at radius 3 is 2.41 bits per heavy atom. The molecule has 0 atom stereocenters. The summed E-state index contributed by atoms with van der Waals surface area (Å²) in [7, 11) is 4.80. The fourth-order valence-corrected chi connectivity index (χ4v) is 2.75. The highest BCUT2D eigenvalue weighted by Crippen LogP contribution is 2.42. The van der Waals surface area contributed by atoms with Crippen molar-refractivity contribution in [2.45, 2.75) is 19.3 Å². The van der Waals surface area contributed by atoms with E-state index in [-0.39, 0.29) is 0 Å². The molecule has 0 aliphatic carbocycles. The van der Waals surface area contributed by atoms with Gasteiger partial charge in [0.15, 0.2) is 11.5 Å². The van der Waals surface area contributed by atoms with Gasteiger partial charge in [-0.05, 0) is 31.4 Å². The highest BCUT2D eigenvalue weighted by molar-refractivity contribution is 5.73. The third kappa shape index (κ3) is 2.45. The topological polar surface area (TPSA) is 65.8 Å². The maximum atomic E-state index is 5.45. The van der Waals surface area contributed by atoms with Crippen molar-refractivity contribution in [3.63, 3.8) is 0 Å². The molecule has 3 rings (SSSR count). The maximum Gasteiger partial charge on any atom is 0.228 e. The van der Waals surface area contributed by atoms with Gasteiger partial charge in [-0.15, -0.1) is 0 Å². The lowest BCUT2D eigenvalue weighted by molar-refractivity contribution is 0.324. The summed E-state index contributed by atoms with van der Waals surface area (Å²) in [5, 5.41) is 7.51. The van der Waals surface area contributed by atoms with E-state index in [1.165, 1.54) is 0 Å². The second kappa shape index (κ2) is 6.17. The van der Waals surface area contributed by atoms with E-state index in [1.54, 1.807) is 21.3 Å². The van der Waals surface area contributed by atoms with Crippen molar-refractivity contribution in [3.8, 4) is 28.5 Å². The predicted molar refractivity (Wildman–Crippen MR) is 83.0 cm³/mol. The van der Waals surface area contributed by atoms with Gasteiger partial charge in [0, 0.05) is 17.7 Å². The molecule has 1 N–H and O–H groups in total. The van der Waals surface area contributed by atoms with Gasteiger partial charge in [0.1, 0.15) is 5.69 Å². The van der Waals surface area contributed by atoms with Crippen LogP contribution in [0.15, 0.2) is 16.7 Å². The van der Waals surface area contributed by atoms with Crippen LogP contribution >= 0.6 is 0 Å². The monoisotopic (exact) mass is 304 g/mol. The summed E-state index contributed by atoms with van der Waals surface area (Å²) < 4.78 is 21.6. The number of methoxy groups -OCH3 is 3. The molecule has 2 heterocycles. The van der Waals surface area contributed by atoms with Crippen molar-refractivity contribution in [2.75, 3.05) is 33.2 Å². The first-order valence-electron chi connectivity index (χ1n) is 7.31. The van der Waals surface area contributed by atoms with Crippen molar-refractivity contribution in [3.05, 3.63) is 17.7 Å². The number of rotatable bonds is 4. The van der Waals surface area contributed by atoms with Gasteiger partial charge in [-0.3, -0.25) is 0 Å². The number of fused-ring (bicyclic) bond motifs is 1. The standard InChI is InChI=1S/C16H20N2O4/c1-19-12-8-10(9-13(20-2)15(12)21-3)14-11-6-4-5-7-17-16(11)22-18-14/h8-9,17H,4-7H2,1-3H3. The Bertz CT molecular complexity index is 641. The van der Waals surface area contributed by atoms with Crippen LogP contribution in [0.4, 0.5) is 5.88 Å². The molecule has 118 valence electrons. The van der Waals surface area contributed by atoms with Gasteiger partial charge in [-0.2, -0.15) is 0 Å². The number of anilines is 1. The summed E-state index contributed by atoms with van der Waals surface area (Å²) >= 11 is 0. The lowest BCUT2D eigenvalue weighted by Crippen LogP contribution is -1.97. The van der Waals surface area contributed by atoms with Crippen molar-refractivity contribution in [1.29, 1.82) is 0 Å². The molecular weight excluding hydrogens is 284 g/mol. The number of nitrogens with one attached hydrogen (secondary N) is 1. The Balaban J connectivity index is 2.11. The highest BCUT2D eigenvalue weighted by Gasteiger charge is 2.22. The SMILES string of the molecule is COc1cc(-c2noc3c2CCCCN3)cc(OC)c1OC. The minimum absolute atomic E-state index is 0.571. The van der Waals surface area contributed by atoms with Crippen LogP contribution < -0.4 is 19.5 Å². The second-order valence-corrected chi connectivity index (χ2v) is 5.14. The van der Waals surface area contributed by atoms with Gasteiger partial charge in [0.2, 0.25) is 11.6 Å². The number of ether oxygens (including phenoxy) is 3. The third-order valence-electron chi connectivity index (χ3n) is 3.87. The van der Waals surface area contributed by atoms with E-state index in [1.807, 2.05) is 12.1 Å². The van der Waals surface area contributed by atoms with Crippen molar-refractivity contribution >= 4 is 5.88 Å². The summed E-state index contributed by atoms with van der Waals surface area (Å²) in [5.41, 5.74) is 2.82. The fourth-order valence-electron chi connectivity index (χ4n) is 2.75. The average Bonchev–Trinajstić information content (AvgIpc) is 2.81. The quantitative estimate of drug-likeness (QED) is 0.936. The van der Waals surface area contributed by atoms with Crippen LogP contribution in [0, 0.1) is 0 Å². The number of hydrogen-bond acceptors (Lipinski definition) is 6. The minimum Gasteiger partial charge on any atom is -0.493 e. The molecule has 6 nitrogen and oxygen atoms in total. The summed E-state index contributed by atoms with van der Waals surface area (Å²) in [6.07, 6.45) is 3.18. The van der Waals surface area contributed by atoms with Crippen LogP contribution in [0.3, 0.4) is 0 Å². The molecule has 0 bridgehead atoms. The van der Waals surface area contributed by atoms with Crippen molar-refractivity contribution in [1.82, 2.24) is 5.16 Å². The molecule has 0 fully saturated rings. The van der Waals surface area contributed by atoms with Crippen molar-refractivity contribution < 1.29 is 18.7 Å². The zero-order chi connectivity index (χ0) is 15.5. The smallest absolute Gasteiger partial charge is 0.228 e. The molecule has 0 amide bonds. The highest BCUT2D eigenvalue weighted by atomic mass is 16.5. The second-order valence-electron chi connectivity index (χ2n) is 5.14. The molecule has 0 radical (unpaired) electrons. The molecule has 6 heteroatoms. The summed E-state index contributed by atoms with van der Waals surface area (Å²) in [4.78, 5) is 0. The molecule has 0 unspecified atom stereocenters. The van der Waals surface area contributed by atoms with Gasteiger partial charge in [-0.1, -0.05) is 5.16 Å². The molecule has 1 aromatic heterocycles. The Kier molecular flexibility index (Phi) is 4.09. The maximum absolute atomic E-state index is 5.45. The third-order valence-corrected chi connectivity index (χ3v) is 3.87. The number of benzene rings is 1. The van der Waals surface area contributed by atoms with Gasteiger partial charge < -0.3 is 24.1 Å². The summed E-state index contributed by atoms with van der Waals surface area (Å²) in [6, 6.07) is 3.79. The molecule has 1 aliphatic rings. The molecular formula is C16H20N2O4. The lowest BCUT2D eigenvalue weighted by atomic mass is 10.0. The molecule has 1 aliphatic heterocycles. The average molecular weight is 304 g/mol. The van der Waals surface area contributed by atoms with E-state index < -0.39 is 0 Å². The minimum atomic E-state index is 0.571. The summed E-state index contributed by atoms with van der Waals surface area (Å²) in [5.74, 6) is 2.55. The van der Waals surface area contributed by atoms with Gasteiger partial charge in [0.25, 0.3) is 0 Å². The van der Waals surface area contributed by atoms with Gasteiger partial charge in [-0.25, -0.2) is 0 Å². The lowest BCUT2D eigenvalue weighted by Gasteiger charge is -2.13. The van der Waals surface area contributed by atoms with Crippen LogP contribution in [0.1, 0.15) is 18.4 Å². The number of nitrogens with zero attached hydrogens (tertiary/aromatic N) is 1. The summed E-state index contributed by atoms with van der Waals surface area (Å²) in [6.45, 7) is 0.914. The van der Waals surface area contributed by atoms with Crippen molar-refractivity contribution in [2.24, 2.45) is 0 Å². The van der Waals surface area contributed by atoms with E-state index in [0.29, 0.717) is 17.2 Å². The predicted octanol–water partition coefficient (Wildman–Crippen LogP) is 3.12. The zero-order valence-electron chi connectivity index (χ0n) is 13.1. The number of aromatic nitrogens is 1. The van der Waals surface area contributed by atoms with Gasteiger partial charge in [0.05, 0.1) is 21.3 Å². The molecule has 1 aromatic carbocycles.